The van der Waals surface area contributed by atoms with Gasteiger partial charge in [0.05, 0.1) is 18.7 Å². The summed E-state index contributed by atoms with van der Waals surface area (Å²) in [6.45, 7) is 0.128. The van der Waals surface area contributed by atoms with Gasteiger partial charge in [0.1, 0.15) is 11.6 Å². The monoisotopic (exact) mass is 205 g/mol. The summed E-state index contributed by atoms with van der Waals surface area (Å²) in [5, 5.41) is 0.0212. The molecule has 0 fully saturated rings. The highest BCUT2D eigenvalue weighted by atomic mass is 35.5. The molecule has 0 saturated carbocycles. The smallest absolute Gasteiger partial charge is 0.145 e. The minimum absolute atomic E-state index is 0.0212. The second-order valence-corrected chi connectivity index (χ2v) is 2.80. The normalized spacial score (nSPS) is 10.2. The van der Waals surface area contributed by atoms with Crippen LogP contribution in [0.2, 0.25) is 5.02 Å². The second kappa shape index (κ2) is 4.41. The summed E-state index contributed by atoms with van der Waals surface area (Å²) < 4.78 is 17.8. The first-order valence-electron chi connectivity index (χ1n) is 3.52. The zero-order valence-corrected chi connectivity index (χ0v) is 7.77. The van der Waals surface area contributed by atoms with Crippen LogP contribution in [0.1, 0.15) is 5.56 Å². The Labute approximate surface area is 80.2 Å². The number of ether oxygens (including phenoxy) is 1. The van der Waals surface area contributed by atoms with Crippen molar-refractivity contribution in [3.63, 3.8) is 0 Å². The van der Waals surface area contributed by atoms with Crippen molar-refractivity contribution in [2.75, 3.05) is 7.11 Å². The van der Waals surface area contributed by atoms with Gasteiger partial charge in [0.25, 0.3) is 0 Å². The summed E-state index contributed by atoms with van der Waals surface area (Å²) in [7, 11) is 1.43. The third-order valence-corrected chi connectivity index (χ3v) is 1.85. The van der Waals surface area contributed by atoms with Crippen molar-refractivity contribution in [1.29, 1.82) is 0 Å². The molecule has 2 N–H and O–H groups in total. The van der Waals surface area contributed by atoms with Crippen LogP contribution < -0.4 is 10.6 Å². The van der Waals surface area contributed by atoms with Gasteiger partial charge in [-0.2, -0.15) is 0 Å². The summed E-state index contributed by atoms with van der Waals surface area (Å²) >= 11 is 5.55. The van der Waals surface area contributed by atoms with Gasteiger partial charge in [-0.15, -0.1) is 0 Å². The molecule has 0 aliphatic rings. The molecule has 3 nitrogen and oxygen atoms in total. The summed E-state index contributed by atoms with van der Waals surface area (Å²) in [5.41, 5.74) is 0.608. The van der Waals surface area contributed by atoms with Crippen LogP contribution >= 0.6 is 11.6 Å². The largest absolute Gasteiger partial charge is 0.496 e. The molecule has 0 bridgehead atoms. The molecule has 0 aliphatic heterocycles. The lowest BCUT2D eigenvalue weighted by molar-refractivity contribution is 0.122. The van der Waals surface area contributed by atoms with E-state index in [2.05, 4.69) is 4.84 Å². The lowest BCUT2D eigenvalue weighted by atomic mass is 10.2. The van der Waals surface area contributed by atoms with E-state index < -0.39 is 5.82 Å². The Hall–Kier alpha value is -0.840. The minimum atomic E-state index is -0.528. The van der Waals surface area contributed by atoms with Crippen molar-refractivity contribution in [2.45, 2.75) is 6.61 Å². The highest BCUT2D eigenvalue weighted by Crippen LogP contribution is 2.26. The molecule has 72 valence electrons. The molecule has 0 aromatic heterocycles. The molecule has 13 heavy (non-hydrogen) atoms. The third kappa shape index (κ3) is 2.30. The molecule has 0 unspecified atom stereocenters. The predicted molar refractivity (Wildman–Crippen MR) is 46.9 cm³/mol. The van der Waals surface area contributed by atoms with E-state index in [9.17, 15) is 4.39 Å². The third-order valence-electron chi connectivity index (χ3n) is 1.56. The van der Waals surface area contributed by atoms with Gasteiger partial charge in [-0.25, -0.2) is 10.3 Å². The fraction of sp³-hybridized carbons (Fsp3) is 0.250. The minimum Gasteiger partial charge on any atom is -0.496 e. The maximum atomic E-state index is 12.9. The first-order chi connectivity index (χ1) is 6.19. The molecule has 1 rings (SSSR count). The average molecular weight is 206 g/mol. The molecule has 0 spiro atoms. The van der Waals surface area contributed by atoms with Crippen LogP contribution in [0, 0.1) is 5.82 Å². The van der Waals surface area contributed by atoms with Crippen LogP contribution in [0.4, 0.5) is 4.39 Å². The first kappa shape index (κ1) is 10.2. The van der Waals surface area contributed by atoms with Gasteiger partial charge in [-0.05, 0) is 6.07 Å². The number of benzene rings is 1. The molecule has 0 aliphatic carbocycles. The Morgan fingerprint density at radius 2 is 2.23 bits per heavy atom. The first-order valence-corrected chi connectivity index (χ1v) is 3.90. The van der Waals surface area contributed by atoms with Crippen molar-refractivity contribution in [3.8, 4) is 5.75 Å². The molecule has 5 heteroatoms. The number of methoxy groups -OCH3 is 1. The van der Waals surface area contributed by atoms with E-state index in [1.54, 1.807) is 0 Å². The van der Waals surface area contributed by atoms with Crippen LogP contribution in [-0.4, -0.2) is 7.11 Å². The van der Waals surface area contributed by atoms with Gasteiger partial charge in [-0.3, -0.25) is 4.84 Å². The molecular formula is C8H9ClFNO2. The molecule has 0 heterocycles. The summed E-state index contributed by atoms with van der Waals surface area (Å²) in [6, 6.07) is 2.61. The number of rotatable bonds is 3. The van der Waals surface area contributed by atoms with Crippen LogP contribution in [0.15, 0.2) is 12.1 Å². The lowest BCUT2D eigenvalue weighted by Crippen LogP contribution is -2.01. The van der Waals surface area contributed by atoms with Crippen molar-refractivity contribution in [3.05, 3.63) is 28.5 Å². The van der Waals surface area contributed by atoms with E-state index in [1.807, 2.05) is 0 Å². The SMILES string of the molecule is COc1cc(F)c(Cl)cc1CON. The molecule has 0 atom stereocenters. The van der Waals surface area contributed by atoms with Gasteiger partial charge in [0.2, 0.25) is 0 Å². The Morgan fingerprint density at radius 3 is 2.77 bits per heavy atom. The quantitative estimate of drug-likeness (QED) is 0.767. The molecule has 1 aromatic carbocycles. The maximum absolute atomic E-state index is 12.9. The Bertz CT molecular complexity index is 306. The van der Waals surface area contributed by atoms with Crippen LogP contribution in [-0.2, 0) is 11.4 Å². The summed E-state index contributed by atoms with van der Waals surface area (Å²) in [5.74, 6) is 4.72. The lowest BCUT2D eigenvalue weighted by Gasteiger charge is -2.07. The summed E-state index contributed by atoms with van der Waals surface area (Å²) in [4.78, 5) is 4.40. The van der Waals surface area contributed by atoms with E-state index in [0.29, 0.717) is 11.3 Å². The molecular weight excluding hydrogens is 197 g/mol. The van der Waals surface area contributed by atoms with Crippen molar-refractivity contribution < 1.29 is 14.0 Å². The fourth-order valence-corrected chi connectivity index (χ4v) is 1.15. The van der Waals surface area contributed by atoms with Crippen LogP contribution in [0.3, 0.4) is 0 Å². The Morgan fingerprint density at radius 1 is 1.54 bits per heavy atom. The maximum Gasteiger partial charge on any atom is 0.145 e. The van der Waals surface area contributed by atoms with Crippen molar-refractivity contribution >= 4 is 11.6 Å². The topological polar surface area (TPSA) is 44.5 Å². The van der Waals surface area contributed by atoms with Crippen LogP contribution in [0.5, 0.6) is 5.75 Å². The number of nitrogens with two attached hydrogens (primary N) is 1. The number of hydrogen-bond donors (Lipinski definition) is 1. The van der Waals surface area contributed by atoms with Gasteiger partial charge >= 0.3 is 0 Å². The predicted octanol–water partition coefficient (Wildman–Crippen LogP) is 1.88. The zero-order valence-electron chi connectivity index (χ0n) is 7.01. The van der Waals surface area contributed by atoms with Gasteiger partial charge in [0.15, 0.2) is 0 Å². The van der Waals surface area contributed by atoms with Crippen LogP contribution in [0.25, 0.3) is 0 Å². The molecule has 0 saturated heterocycles. The van der Waals surface area contributed by atoms with Gasteiger partial charge in [0, 0.05) is 11.6 Å². The number of hydrogen-bond acceptors (Lipinski definition) is 3. The molecule has 0 radical (unpaired) electrons. The average Bonchev–Trinajstić information content (AvgIpc) is 2.11. The molecule has 1 aromatic rings. The molecule has 0 amide bonds. The summed E-state index contributed by atoms with van der Waals surface area (Å²) in [6.07, 6.45) is 0. The van der Waals surface area contributed by atoms with Gasteiger partial charge < -0.3 is 4.74 Å². The Kier molecular flexibility index (Phi) is 3.48. The number of halogens is 2. The van der Waals surface area contributed by atoms with Gasteiger partial charge in [-0.1, -0.05) is 11.6 Å². The van der Waals surface area contributed by atoms with E-state index in [-0.39, 0.29) is 11.6 Å². The highest BCUT2D eigenvalue weighted by Gasteiger charge is 2.08. The zero-order chi connectivity index (χ0) is 9.84. The highest BCUT2D eigenvalue weighted by molar-refractivity contribution is 6.30. The van der Waals surface area contributed by atoms with E-state index in [1.165, 1.54) is 19.2 Å². The second-order valence-electron chi connectivity index (χ2n) is 2.39. The van der Waals surface area contributed by atoms with Crippen molar-refractivity contribution in [1.82, 2.24) is 0 Å². The fourth-order valence-electron chi connectivity index (χ4n) is 0.962. The van der Waals surface area contributed by atoms with E-state index in [0.717, 1.165) is 0 Å². The Balaban J connectivity index is 3.09. The van der Waals surface area contributed by atoms with E-state index in [4.69, 9.17) is 22.2 Å². The van der Waals surface area contributed by atoms with Crippen molar-refractivity contribution in [2.24, 2.45) is 5.90 Å². The van der Waals surface area contributed by atoms with E-state index >= 15 is 0 Å². The standard InChI is InChI=1S/C8H9ClFNO2/c1-12-8-3-7(10)6(9)2-5(8)4-13-11/h2-3H,4,11H2,1H3.